The molecule has 0 fully saturated rings. The van der Waals surface area contributed by atoms with E-state index >= 15 is 0 Å². The van der Waals surface area contributed by atoms with Gasteiger partial charge in [0.1, 0.15) is 5.01 Å². The number of aromatic nitrogens is 2. The van der Waals surface area contributed by atoms with Crippen molar-refractivity contribution >= 4 is 32.4 Å². The number of aryl methyl sites for hydroxylation is 1. The van der Waals surface area contributed by atoms with E-state index in [1.807, 2.05) is 0 Å². The summed E-state index contributed by atoms with van der Waals surface area (Å²) in [7, 11) is -3.59. The van der Waals surface area contributed by atoms with Gasteiger partial charge in [0, 0.05) is 19.4 Å². The van der Waals surface area contributed by atoms with Crippen LogP contribution < -0.4 is 10.0 Å². The van der Waals surface area contributed by atoms with Gasteiger partial charge >= 0.3 is 0 Å². The van der Waals surface area contributed by atoms with E-state index < -0.39 is 10.0 Å². The van der Waals surface area contributed by atoms with E-state index in [-0.39, 0.29) is 23.8 Å². The topological polar surface area (TPSA) is 101 Å². The standard InChI is InChI=1S/C16H22N4O3S2/c1-2-3-5-10-15-19-20-16(24-15)18-14(21)11-12-17-25(22,23)13-8-6-4-7-9-13/h4,6-9,17H,2-3,5,10-12H2,1H3,(H,18,20,21). The molecule has 2 rings (SSSR count). The second-order valence-electron chi connectivity index (χ2n) is 5.47. The highest BCUT2D eigenvalue weighted by Gasteiger charge is 2.14. The Labute approximate surface area is 151 Å². The van der Waals surface area contributed by atoms with Gasteiger partial charge in [-0.3, -0.25) is 4.79 Å². The number of sulfonamides is 1. The maximum Gasteiger partial charge on any atom is 0.240 e. The molecule has 0 bridgehead atoms. The molecule has 2 N–H and O–H groups in total. The summed E-state index contributed by atoms with van der Waals surface area (Å²) in [5.41, 5.74) is 0. The number of nitrogens with one attached hydrogen (secondary N) is 2. The Morgan fingerprint density at radius 1 is 1.16 bits per heavy atom. The monoisotopic (exact) mass is 382 g/mol. The van der Waals surface area contributed by atoms with Gasteiger partial charge in [-0.2, -0.15) is 0 Å². The van der Waals surface area contributed by atoms with E-state index in [0.717, 1.165) is 30.7 Å². The van der Waals surface area contributed by atoms with Gasteiger partial charge < -0.3 is 5.32 Å². The number of carbonyl (C=O) groups is 1. The van der Waals surface area contributed by atoms with Crippen molar-refractivity contribution in [2.75, 3.05) is 11.9 Å². The van der Waals surface area contributed by atoms with E-state index in [2.05, 4.69) is 27.2 Å². The van der Waals surface area contributed by atoms with Crippen molar-refractivity contribution in [2.24, 2.45) is 0 Å². The minimum absolute atomic E-state index is 0.0191. The lowest BCUT2D eigenvalue weighted by molar-refractivity contribution is -0.116. The molecule has 0 radical (unpaired) electrons. The van der Waals surface area contributed by atoms with Gasteiger partial charge in [0.05, 0.1) is 4.90 Å². The molecular formula is C16H22N4O3S2. The lowest BCUT2D eigenvalue weighted by Gasteiger charge is -2.06. The van der Waals surface area contributed by atoms with Crippen LogP contribution in [0.25, 0.3) is 0 Å². The Kier molecular flexibility index (Phi) is 7.48. The second kappa shape index (κ2) is 9.59. The van der Waals surface area contributed by atoms with Crippen molar-refractivity contribution in [3.63, 3.8) is 0 Å². The zero-order chi connectivity index (χ0) is 18.1. The Balaban J connectivity index is 1.76. The van der Waals surface area contributed by atoms with E-state index in [9.17, 15) is 13.2 Å². The second-order valence-corrected chi connectivity index (χ2v) is 8.30. The van der Waals surface area contributed by atoms with E-state index in [0.29, 0.717) is 5.13 Å². The van der Waals surface area contributed by atoms with Crippen molar-refractivity contribution < 1.29 is 13.2 Å². The highest BCUT2D eigenvalue weighted by molar-refractivity contribution is 7.89. The molecule has 7 nitrogen and oxygen atoms in total. The largest absolute Gasteiger partial charge is 0.300 e. The first kappa shape index (κ1) is 19.5. The van der Waals surface area contributed by atoms with Crippen LogP contribution in [0.2, 0.25) is 0 Å². The minimum Gasteiger partial charge on any atom is -0.300 e. The molecule has 9 heteroatoms. The number of rotatable bonds is 10. The molecular weight excluding hydrogens is 360 g/mol. The van der Waals surface area contributed by atoms with Crippen molar-refractivity contribution in [2.45, 2.75) is 43.9 Å². The van der Waals surface area contributed by atoms with Crippen LogP contribution >= 0.6 is 11.3 Å². The summed E-state index contributed by atoms with van der Waals surface area (Å²) in [6.07, 6.45) is 4.22. The molecule has 1 amide bonds. The maximum absolute atomic E-state index is 12.0. The average molecular weight is 383 g/mol. The Morgan fingerprint density at radius 3 is 2.64 bits per heavy atom. The average Bonchev–Trinajstić information content (AvgIpc) is 3.03. The zero-order valence-electron chi connectivity index (χ0n) is 14.1. The van der Waals surface area contributed by atoms with Crippen LogP contribution in [0.15, 0.2) is 35.2 Å². The molecule has 0 aliphatic rings. The lowest BCUT2D eigenvalue weighted by atomic mass is 10.2. The highest BCUT2D eigenvalue weighted by atomic mass is 32.2. The third kappa shape index (κ3) is 6.52. The van der Waals surface area contributed by atoms with Crippen molar-refractivity contribution in [1.82, 2.24) is 14.9 Å². The molecule has 0 aliphatic heterocycles. The van der Waals surface area contributed by atoms with Crippen LogP contribution in [0.1, 0.15) is 37.6 Å². The smallest absolute Gasteiger partial charge is 0.240 e. The summed E-state index contributed by atoms with van der Waals surface area (Å²) in [6, 6.07) is 8.04. The number of nitrogens with zero attached hydrogens (tertiary/aromatic N) is 2. The highest BCUT2D eigenvalue weighted by Crippen LogP contribution is 2.17. The number of unbranched alkanes of at least 4 members (excludes halogenated alkanes) is 2. The lowest BCUT2D eigenvalue weighted by Crippen LogP contribution is -2.27. The SMILES string of the molecule is CCCCCc1nnc(NC(=O)CCNS(=O)(=O)c2ccccc2)s1. The van der Waals surface area contributed by atoms with Gasteiger partial charge in [-0.25, -0.2) is 13.1 Å². The summed E-state index contributed by atoms with van der Waals surface area (Å²) in [4.78, 5) is 12.1. The van der Waals surface area contributed by atoms with Gasteiger partial charge in [0.2, 0.25) is 21.1 Å². The molecule has 0 spiro atoms. The predicted octanol–water partition coefficient (Wildman–Crippen LogP) is 2.58. The van der Waals surface area contributed by atoms with Gasteiger partial charge in [-0.15, -0.1) is 10.2 Å². The van der Waals surface area contributed by atoms with E-state index in [4.69, 9.17) is 0 Å². The molecule has 1 aromatic carbocycles. The number of hydrogen-bond acceptors (Lipinski definition) is 6. The molecule has 0 unspecified atom stereocenters. The number of carbonyl (C=O) groups excluding carboxylic acids is 1. The van der Waals surface area contributed by atoms with Crippen LogP contribution in [0.4, 0.5) is 5.13 Å². The van der Waals surface area contributed by atoms with Crippen LogP contribution in [-0.2, 0) is 21.2 Å². The number of amides is 1. The summed E-state index contributed by atoms with van der Waals surface area (Å²) in [5, 5.41) is 12.0. The summed E-state index contributed by atoms with van der Waals surface area (Å²) in [5.74, 6) is -0.299. The fraction of sp³-hybridized carbons (Fsp3) is 0.438. The number of anilines is 1. The molecule has 25 heavy (non-hydrogen) atoms. The molecule has 0 atom stereocenters. The maximum atomic E-state index is 12.0. The third-order valence-corrected chi connectivity index (χ3v) is 5.78. The first-order chi connectivity index (χ1) is 12.0. The molecule has 0 aliphatic carbocycles. The van der Waals surface area contributed by atoms with Crippen LogP contribution in [0.3, 0.4) is 0 Å². The molecule has 0 saturated carbocycles. The van der Waals surface area contributed by atoms with Gasteiger partial charge in [0.15, 0.2) is 0 Å². The molecule has 0 saturated heterocycles. The van der Waals surface area contributed by atoms with Crippen LogP contribution in [-0.4, -0.2) is 31.1 Å². The summed E-state index contributed by atoms with van der Waals surface area (Å²) < 4.78 is 26.5. The summed E-state index contributed by atoms with van der Waals surface area (Å²) in [6.45, 7) is 2.16. The quantitative estimate of drug-likeness (QED) is 0.615. The first-order valence-electron chi connectivity index (χ1n) is 8.18. The predicted molar refractivity (Wildman–Crippen MR) is 98.0 cm³/mol. The van der Waals surface area contributed by atoms with Crippen molar-refractivity contribution in [3.8, 4) is 0 Å². The van der Waals surface area contributed by atoms with Gasteiger partial charge in [-0.1, -0.05) is 49.3 Å². The van der Waals surface area contributed by atoms with Crippen LogP contribution in [0, 0.1) is 0 Å². The van der Waals surface area contributed by atoms with Crippen molar-refractivity contribution in [3.05, 3.63) is 35.3 Å². The third-order valence-electron chi connectivity index (χ3n) is 3.41. The minimum atomic E-state index is -3.59. The molecule has 136 valence electrons. The molecule has 2 aromatic rings. The number of benzene rings is 1. The fourth-order valence-corrected chi connectivity index (χ4v) is 3.95. The normalized spacial score (nSPS) is 11.4. The Morgan fingerprint density at radius 2 is 1.92 bits per heavy atom. The van der Waals surface area contributed by atoms with Crippen molar-refractivity contribution in [1.29, 1.82) is 0 Å². The zero-order valence-corrected chi connectivity index (χ0v) is 15.7. The van der Waals surface area contributed by atoms with Gasteiger partial charge in [0.25, 0.3) is 0 Å². The Hall–Kier alpha value is -1.84. The van der Waals surface area contributed by atoms with Gasteiger partial charge in [-0.05, 0) is 18.6 Å². The van der Waals surface area contributed by atoms with E-state index in [1.165, 1.54) is 23.5 Å². The van der Waals surface area contributed by atoms with Crippen LogP contribution in [0.5, 0.6) is 0 Å². The summed E-state index contributed by atoms with van der Waals surface area (Å²) >= 11 is 1.35. The molecule has 1 heterocycles. The fourth-order valence-electron chi connectivity index (χ4n) is 2.10. The Bertz CT molecular complexity index is 776. The van der Waals surface area contributed by atoms with E-state index in [1.54, 1.807) is 18.2 Å². The molecule has 1 aromatic heterocycles. The first-order valence-corrected chi connectivity index (χ1v) is 10.5. The number of hydrogen-bond donors (Lipinski definition) is 2.